The molecule has 108 valence electrons. The van der Waals surface area contributed by atoms with E-state index < -0.39 is 0 Å². The minimum absolute atomic E-state index is 0.0396. The molecule has 5 heteroatoms. The Balaban J connectivity index is 2.03. The van der Waals surface area contributed by atoms with E-state index in [9.17, 15) is 9.59 Å². The fraction of sp³-hybridized carbons (Fsp3) is 0.467. The van der Waals surface area contributed by atoms with Crippen molar-refractivity contribution in [3.05, 3.63) is 23.8 Å². The Morgan fingerprint density at radius 1 is 1.20 bits per heavy atom. The maximum absolute atomic E-state index is 11.7. The number of nitrogens with one attached hydrogen (secondary N) is 3. The molecule has 20 heavy (non-hydrogen) atoms. The van der Waals surface area contributed by atoms with Crippen LogP contribution in [0.5, 0.6) is 0 Å². The van der Waals surface area contributed by atoms with Gasteiger partial charge in [0.25, 0.3) is 0 Å². The number of urea groups is 1. The number of carbonyl (C=O) groups excluding carboxylic acids is 2. The molecule has 3 N–H and O–H groups in total. The van der Waals surface area contributed by atoms with Gasteiger partial charge < -0.3 is 16.0 Å². The van der Waals surface area contributed by atoms with E-state index in [-0.39, 0.29) is 17.9 Å². The van der Waals surface area contributed by atoms with Crippen LogP contribution in [-0.4, -0.2) is 18.0 Å². The third-order valence-electron chi connectivity index (χ3n) is 3.19. The molecule has 0 radical (unpaired) electrons. The highest BCUT2D eigenvalue weighted by molar-refractivity contribution is 5.95. The number of rotatable bonds is 4. The molecule has 1 aromatic rings. The average Bonchev–Trinajstić information content (AvgIpc) is 3.17. The third kappa shape index (κ3) is 3.98. The lowest BCUT2D eigenvalue weighted by Crippen LogP contribution is -2.30. The first-order valence-electron chi connectivity index (χ1n) is 6.94. The number of aryl methyl sites for hydroxylation is 1. The van der Waals surface area contributed by atoms with Gasteiger partial charge in [-0.2, -0.15) is 0 Å². The van der Waals surface area contributed by atoms with Gasteiger partial charge in [-0.15, -0.1) is 0 Å². The van der Waals surface area contributed by atoms with Gasteiger partial charge in [-0.25, -0.2) is 4.79 Å². The zero-order valence-corrected chi connectivity index (χ0v) is 12.1. The Kier molecular flexibility index (Phi) is 4.27. The number of anilines is 2. The van der Waals surface area contributed by atoms with Crippen molar-refractivity contribution in [3.8, 4) is 0 Å². The summed E-state index contributed by atoms with van der Waals surface area (Å²) >= 11 is 0. The summed E-state index contributed by atoms with van der Waals surface area (Å²) in [4.78, 5) is 23.4. The fourth-order valence-corrected chi connectivity index (χ4v) is 1.69. The van der Waals surface area contributed by atoms with E-state index >= 15 is 0 Å². The van der Waals surface area contributed by atoms with E-state index in [1.165, 1.54) is 0 Å². The summed E-state index contributed by atoms with van der Waals surface area (Å²) in [6.07, 6.45) is 2.10. The van der Waals surface area contributed by atoms with Gasteiger partial charge in [0.15, 0.2) is 0 Å². The highest BCUT2D eigenvalue weighted by atomic mass is 16.2. The van der Waals surface area contributed by atoms with Gasteiger partial charge in [0.2, 0.25) is 5.91 Å². The van der Waals surface area contributed by atoms with E-state index in [4.69, 9.17) is 0 Å². The van der Waals surface area contributed by atoms with Gasteiger partial charge in [-0.05, 0) is 37.5 Å². The van der Waals surface area contributed by atoms with E-state index in [2.05, 4.69) is 16.0 Å². The quantitative estimate of drug-likeness (QED) is 0.790. The number of carbonyl (C=O) groups is 2. The molecule has 0 aliphatic heterocycles. The fourth-order valence-electron chi connectivity index (χ4n) is 1.69. The lowest BCUT2D eigenvalue weighted by atomic mass is 10.1. The lowest BCUT2D eigenvalue weighted by molar-refractivity contribution is -0.118. The van der Waals surface area contributed by atoms with Crippen LogP contribution < -0.4 is 16.0 Å². The second kappa shape index (κ2) is 5.94. The minimum atomic E-state index is -0.192. The summed E-state index contributed by atoms with van der Waals surface area (Å²) in [5.74, 6) is -0.117. The first-order valence-corrected chi connectivity index (χ1v) is 6.94. The molecule has 1 aromatic carbocycles. The van der Waals surface area contributed by atoms with Gasteiger partial charge in [-0.1, -0.05) is 19.9 Å². The summed E-state index contributed by atoms with van der Waals surface area (Å²) in [5.41, 5.74) is 2.36. The van der Waals surface area contributed by atoms with Crippen LogP contribution in [-0.2, 0) is 4.79 Å². The molecule has 0 atom stereocenters. The predicted octanol–water partition coefficient (Wildman–Crippen LogP) is 2.87. The van der Waals surface area contributed by atoms with Gasteiger partial charge in [0, 0.05) is 23.3 Å². The normalized spacial score (nSPS) is 14.0. The third-order valence-corrected chi connectivity index (χ3v) is 3.19. The van der Waals surface area contributed by atoms with Crippen molar-refractivity contribution >= 4 is 23.3 Å². The summed E-state index contributed by atoms with van der Waals surface area (Å²) in [7, 11) is 0. The molecule has 1 aliphatic carbocycles. The van der Waals surface area contributed by atoms with Crippen LogP contribution in [0.2, 0.25) is 0 Å². The lowest BCUT2D eigenvalue weighted by Gasteiger charge is -2.13. The van der Waals surface area contributed by atoms with Crippen molar-refractivity contribution in [2.45, 2.75) is 39.7 Å². The predicted molar refractivity (Wildman–Crippen MR) is 79.8 cm³/mol. The van der Waals surface area contributed by atoms with Crippen molar-refractivity contribution in [3.63, 3.8) is 0 Å². The molecule has 0 aromatic heterocycles. The van der Waals surface area contributed by atoms with Gasteiger partial charge in [0.1, 0.15) is 0 Å². The van der Waals surface area contributed by atoms with Gasteiger partial charge >= 0.3 is 6.03 Å². The summed E-state index contributed by atoms with van der Waals surface area (Å²) in [6.45, 7) is 5.60. The molecule has 0 bridgehead atoms. The molecule has 3 amide bonds. The molecule has 0 unspecified atom stereocenters. The summed E-state index contributed by atoms with van der Waals surface area (Å²) in [5, 5.41) is 8.52. The molecule has 0 spiro atoms. The first-order chi connectivity index (χ1) is 9.45. The van der Waals surface area contributed by atoms with Crippen molar-refractivity contribution < 1.29 is 9.59 Å². The van der Waals surface area contributed by atoms with E-state index in [1.54, 1.807) is 6.07 Å². The molecule has 1 fully saturated rings. The Labute approximate surface area is 119 Å². The Morgan fingerprint density at radius 2 is 1.90 bits per heavy atom. The number of hydrogen-bond acceptors (Lipinski definition) is 2. The first kappa shape index (κ1) is 14.4. The molecule has 0 saturated heterocycles. The Morgan fingerprint density at radius 3 is 2.50 bits per heavy atom. The number of hydrogen-bond donors (Lipinski definition) is 3. The van der Waals surface area contributed by atoms with Crippen molar-refractivity contribution in [1.82, 2.24) is 5.32 Å². The average molecular weight is 275 g/mol. The monoisotopic (exact) mass is 275 g/mol. The minimum Gasteiger partial charge on any atom is -0.335 e. The Bertz CT molecular complexity index is 522. The topological polar surface area (TPSA) is 70.2 Å². The van der Waals surface area contributed by atoms with Gasteiger partial charge in [-0.3, -0.25) is 4.79 Å². The van der Waals surface area contributed by atoms with Crippen molar-refractivity contribution in [2.75, 3.05) is 10.6 Å². The number of amides is 3. The van der Waals surface area contributed by atoms with Crippen LogP contribution in [0, 0.1) is 12.8 Å². The molecule has 1 saturated carbocycles. The number of benzene rings is 1. The van der Waals surface area contributed by atoms with E-state index in [1.807, 2.05) is 32.9 Å². The smallest absolute Gasteiger partial charge is 0.319 e. The highest BCUT2D eigenvalue weighted by Crippen LogP contribution is 2.22. The van der Waals surface area contributed by atoms with Crippen LogP contribution >= 0.6 is 0 Å². The van der Waals surface area contributed by atoms with Crippen LogP contribution in [0.25, 0.3) is 0 Å². The molecule has 1 aliphatic rings. The van der Waals surface area contributed by atoms with Crippen molar-refractivity contribution in [2.24, 2.45) is 5.92 Å². The van der Waals surface area contributed by atoms with Crippen LogP contribution in [0.1, 0.15) is 32.3 Å². The second-order valence-corrected chi connectivity index (χ2v) is 5.55. The largest absolute Gasteiger partial charge is 0.335 e. The molecule has 0 heterocycles. The molecular weight excluding hydrogens is 254 g/mol. The Hall–Kier alpha value is -2.04. The SMILES string of the molecule is Cc1ccc(NC(=O)C(C)C)cc1NC(=O)NC1CC1. The standard InChI is InChI=1S/C15H21N3O2/c1-9(2)14(19)16-12-5-4-10(3)13(8-12)18-15(20)17-11-6-7-11/h4-5,8-9,11H,6-7H2,1-3H3,(H,16,19)(H2,17,18,20). The van der Waals surface area contributed by atoms with Crippen LogP contribution in [0.4, 0.5) is 16.2 Å². The second-order valence-electron chi connectivity index (χ2n) is 5.55. The van der Waals surface area contributed by atoms with Crippen LogP contribution in [0.15, 0.2) is 18.2 Å². The maximum atomic E-state index is 11.7. The summed E-state index contributed by atoms with van der Waals surface area (Å²) < 4.78 is 0. The summed E-state index contributed by atoms with van der Waals surface area (Å²) in [6, 6.07) is 5.62. The molecular formula is C15H21N3O2. The van der Waals surface area contributed by atoms with E-state index in [0.29, 0.717) is 17.4 Å². The zero-order valence-electron chi connectivity index (χ0n) is 12.1. The van der Waals surface area contributed by atoms with Gasteiger partial charge in [0.05, 0.1) is 0 Å². The molecule has 2 rings (SSSR count). The van der Waals surface area contributed by atoms with E-state index in [0.717, 1.165) is 18.4 Å². The molecule has 5 nitrogen and oxygen atoms in total. The maximum Gasteiger partial charge on any atom is 0.319 e. The van der Waals surface area contributed by atoms with Crippen LogP contribution in [0.3, 0.4) is 0 Å². The highest BCUT2D eigenvalue weighted by Gasteiger charge is 2.23. The zero-order chi connectivity index (χ0) is 14.7. The van der Waals surface area contributed by atoms with Crippen molar-refractivity contribution in [1.29, 1.82) is 0 Å².